The van der Waals surface area contributed by atoms with Gasteiger partial charge in [0.05, 0.1) is 0 Å². The first-order chi connectivity index (χ1) is 0. The molecule has 0 aliphatic carbocycles. The summed E-state index contributed by atoms with van der Waals surface area (Å²) in [6, 6.07) is 0. The van der Waals surface area contributed by atoms with Gasteiger partial charge in [-0.25, -0.2) is 0 Å². The summed E-state index contributed by atoms with van der Waals surface area (Å²) in [5, 5.41) is 0. The van der Waals surface area contributed by atoms with E-state index in [1.807, 2.05) is 0 Å². The second kappa shape index (κ2) is 40.5. The van der Waals surface area contributed by atoms with Crippen LogP contribution in [0.3, 0.4) is 0 Å². The zero-order valence-electron chi connectivity index (χ0n) is 3.31. The van der Waals surface area contributed by atoms with Gasteiger partial charge in [-0.3, -0.25) is 0 Å². The predicted octanol–water partition coefficient (Wildman–Crippen LogP) is -0.0175. The Hall–Kier alpha value is 5.94. The number of hydrogen-bond donors (Lipinski definition) is 0. The van der Waals surface area contributed by atoms with Gasteiger partial charge in [0.25, 0.3) is 0 Å². The Morgan fingerprint density at radius 1 is 0.286 bits per heavy atom. The monoisotopic (exact) mass is 532 g/mol. The first-order valence-corrected chi connectivity index (χ1v) is 0. The molecule has 0 aromatic heterocycles. The Morgan fingerprint density at radius 3 is 0.286 bits per heavy atom. The third kappa shape index (κ3) is 33.4. The number of hydrogen-bond acceptors (Lipinski definition) is 0. The van der Waals surface area contributed by atoms with Gasteiger partial charge >= 0.3 is 0 Å². The van der Waals surface area contributed by atoms with E-state index < -0.39 is 0 Å². The van der Waals surface area contributed by atoms with E-state index in [0.29, 0.717) is 0 Å². The van der Waals surface area contributed by atoms with Crippen molar-refractivity contribution in [2.45, 2.75) is 0 Å². The maximum absolute atomic E-state index is 0. The SMILES string of the molecule is [Co].[Co].[Co].[Y].[Y].[Y].[Y]. The molecule has 7 radical (unpaired) electrons. The van der Waals surface area contributed by atoms with Gasteiger partial charge in [-0.15, -0.1) is 0 Å². The molecule has 39 valence electrons. The van der Waals surface area contributed by atoms with Crippen LogP contribution in [0.15, 0.2) is 0 Å². The molecule has 0 heterocycles. The van der Waals surface area contributed by atoms with Crippen molar-refractivity contribution in [2.24, 2.45) is 0 Å². The van der Waals surface area contributed by atoms with Gasteiger partial charge in [-0.05, 0) is 0 Å². The van der Waals surface area contributed by atoms with Crippen LogP contribution in [0.1, 0.15) is 0 Å². The molecule has 0 spiro atoms. The van der Waals surface area contributed by atoms with Crippen LogP contribution in [0.5, 0.6) is 0 Å². The van der Waals surface area contributed by atoms with Crippen LogP contribution in [0.4, 0.5) is 0 Å². The average molecular weight is 532 g/mol. The summed E-state index contributed by atoms with van der Waals surface area (Å²) >= 11 is 0. The quantitative estimate of drug-likeness (QED) is 0.412. The van der Waals surface area contributed by atoms with E-state index in [2.05, 4.69) is 0 Å². The van der Waals surface area contributed by atoms with Crippen LogP contribution in [0.25, 0.3) is 0 Å². The molecule has 7 heavy (non-hydrogen) atoms. The Labute approximate surface area is 176 Å². The van der Waals surface area contributed by atoms with E-state index in [9.17, 15) is 0 Å². The molecule has 0 atom stereocenters. The standard InChI is InChI=1S/3Co.4Y. The van der Waals surface area contributed by atoms with Gasteiger partial charge in [0.1, 0.15) is 0 Å². The summed E-state index contributed by atoms with van der Waals surface area (Å²) in [5.41, 5.74) is 0. The molecule has 0 aromatic rings. The summed E-state index contributed by atoms with van der Waals surface area (Å²) in [7, 11) is 0. The predicted molar refractivity (Wildman–Crippen MR) is 0 cm³/mol. The van der Waals surface area contributed by atoms with Crippen LogP contribution < -0.4 is 0 Å². The van der Waals surface area contributed by atoms with E-state index in [1.165, 1.54) is 0 Å². The summed E-state index contributed by atoms with van der Waals surface area (Å²) in [6.07, 6.45) is 0. The second-order valence-electron chi connectivity index (χ2n) is 0. The topological polar surface area (TPSA) is 0 Å². The van der Waals surface area contributed by atoms with Crippen molar-refractivity contribution in [3.05, 3.63) is 0 Å². The fourth-order valence-corrected chi connectivity index (χ4v) is 0. The third-order valence-electron chi connectivity index (χ3n) is 0. The van der Waals surface area contributed by atoms with Gasteiger partial charge in [0, 0.05) is 181 Å². The third-order valence-corrected chi connectivity index (χ3v) is 0. The normalized spacial score (nSPS) is 0. The van der Waals surface area contributed by atoms with Gasteiger partial charge in [0.2, 0.25) is 0 Å². The number of rotatable bonds is 0. The van der Waals surface area contributed by atoms with Crippen LogP contribution in [0.2, 0.25) is 0 Å². The Morgan fingerprint density at radius 2 is 0.286 bits per heavy atom. The molecule has 7 heteroatoms. The fraction of sp³-hybridized carbons (Fsp3) is 0. The summed E-state index contributed by atoms with van der Waals surface area (Å²) in [5.74, 6) is 0. The van der Waals surface area contributed by atoms with Crippen LogP contribution in [-0.4, -0.2) is 0 Å². The van der Waals surface area contributed by atoms with E-state index in [1.54, 1.807) is 0 Å². The molecule has 0 N–H and O–H groups in total. The molecule has 0 saturated heterocycles. The molecular weight excluding hydrogens is 532 g/mol. The van der Waals surface area contributed by atoms with Crippen molar-refractivity contribution in [3.8, 4) is 0 Å². The maximum Gasteiger partial charge on any atom is 0 e. The minimum Gasteiger partial charge on any atom is 0 e. The van der Waals surface area contributed by atoms with E-state index in [-0.39, 0.29) is 181 Å². The largest absolute Gasteiger partial charge is 0 e. The zero-order valence-corrected chi connectivity index (χ0v) is 17.8. The molecular formula is Co3Y4. The van der Waals surface area contributed by atoms with Crippen LogP contribution in [0, 0.1) is 0 Å². The first kappa shape index (κ1) is 52.3. The summed E-state index contributed by atoms with van der Waals surface area (Å²) in [4.78, 5) is 0. The summed E-state index contributed by atoms with van der Waals surface area (Å²) in [6.45, 7) is 0. The van der Waals surface area contributed by atoms with E-state index >= 15 is 0 Å². The van der Waals surface area contributed by atoms with Crippen LogP contribution >= 0.6 is 0 Å². The van der Waals surface area contributed by atoms with Crippen molar-refractivity contribution >= 4 is 0 Å². The fourth-order valence-electron chi connectivity index (χ4n) is 0. The van der Waals surface area contributed by atoms with Crippen molar-refractivity contribution in [2.75, 3.05) is 0 Å². The van der Waals surface area contributed by atoms with Gasteiger partial charge in [-0.2, -0.15) is 0 Å². The maximum atomic E-state index is 0. The van der Waals surface area contributed by atoms with Crippen molar-refractivity contribution in [1.82, 2.24) is 0 Å². The molecule has 0 nitrogen and oxygen atoms in total. The molecule has 0 aromatic carbocycles. The van der Waals surface area contributed by atoms with Crippen molar-refractivity contribution in [1.29, 1.82) is 0 Å². The molecule has 0 fully saturated rings. The van der Waals surface area contributed by atoms with Crippen LogP contribution in [-0.2, 0) is 181 Å². The average Bonchev–Trinajstić information content (AvgIpc) is 0. The Balaban J connectivity index is 0. The minimum atomic E-state index is 0. The first-order valence-electron chi connectivity index (χ1n) is 0. The zero-order chi connectivity index (χ0) is 0. The van der Waals surface area contributed by atoms with Gasteiger partial charge in [-0.1, -0.05) is 0 Å². The minimum absolute atomic E-state index is 0. The molecule has 0 aliphatic rings. The molecule has 0 rings (SSSR count). The summed E-state index contributed by atoms with van der Waals surface area (Å²) < 4.78 is 0. The van der Waals surface area contributed by atoms with E-state index in [0.717, 1.165) is 0 Å². The van der Waals surface area contributed by atoms with Crippen molar-refractivity contribution < 1.29 is 181 Å². The van der Waals surface area contributed by atoms with Gasteiger partial charge < -0.3 is 0 Å². The van der Waals surface area contributed by atoms with Crippen molar-refractivity contribution in [3.63, 3.8) is 0 Å². The Kier molecular flexibility index (Phi) is 303. The molecule has 0 unspecified atom stereocenters. The van der Waals surface area contributed by atoms with E-state index in [4.69, 9.17) is 0 Å². The molecule has 0 amide bonds. The smallest absolute Gasteiger partial charge is 0 e. The molecule has 0 aliphatic heterocycles. The Bertz CT molecular complexity index is 6.90. The molecule has 0 bridgehead atoms. The van der Waals surface area contributed by atoms with Gasteiger partial charge in [0.15, 0.2) is 0 Å². The second-order valence-corrected chi connectivity index (χ2v) is 0. The molecule has 0 saturated carbocycles.